The number of hydrogen-bond acceptors (Lipinski definition) is 4. The second-order valence-electron chi connectivity index (χ2n) is 6.79. The second-order valence-corrected chi connectivity index (χ2v) is 6.79. The van der Waals surface area contributed by atoms with Crippen molar-refractivity contribution in [3.8, 4) is 17.1 Å². The molecule has 0 radical (unpaired) electrons. The summed E-state index contributed by atoms with van der Waals surface area (Å²) >= 11 is 0. The number of nitrogens with one attached hydrogen (secondary N) is 2. The van der Waals surface area contributed by atoms with E-state index in [2.05, 4.69) is 33.4 Å². The van der Waals surface area contributed by atoms with Gasteiger partial charge in [0.15, 0.2) is 0 Å². The van der Waals surface area contributed by atoms with Crippen LogP contribution >= 0.6 is 0 Å². The molecule has 0 unspecified atom stereocenters. The third kappa shape index (κ3) is 3.45. The zero-order valence-electron chi connectivity index (χ0n) is 15.5. The molecule has 7 heteroatoms. The van der Waals surface area contributed by atoms with E-state index < -0.39 is 0 Å². The highest BCUT2D eigenvalue weighted by atomic mass is 16.5. The molecule has 1 aliphatic rings. The molecule has 2 N–H and O–H groups in total. The van der Waals surface area contributed by atoms with E-state index in [-0.39, 0.29) is 11.8 Å². The Morgan fingerprint density at radius 3 is 3.07 bits per heavy atom. The molecule has 4 rings (SSSR count). The van der Waals surface area contributed by atoms with E-state index in [1.165, 1.54) is 0 Å². The number of carbonyl (C=O) groups excluding carboxylic acids is 1. The number of nitrogens with zero attached hydrogens (tertiary/aromatic N) is 3. The van der Waals surface area contributed by atoms with Crippen LogP contribution in [0.1, 0.15) is 41.0 Å². The third-order valence-corrected chi connectivity index (χ3v) is 4.88. The van der Waals surface area contributed by atoms with Crippen LogP contribution in [0.5, 0.6) is 5.75 Å². The van der Waals surface area contributed by atoms with Crippen molar-refractivity contribution in [2.75, 3.05) is 13.7 Å². The normalized spacial score (nSPS) is 16.5. The van der Waals surface area contributed by atoms with Crippen LogP contribution in [0.25, 0.3) is 11.4 Å². The third-order valence-electron chi connectivity index (χ3n) is 4.88. The Kier molecular flexibility index (Phi) is 4.66. The number of ether oxygens (including phenoxy) is 1. The standard InChI is InChI=1S/C20H23N5O2/c1-3-7-25-12-15(11-22-25)19-23-17-9-14(10-21-20(26)18(17)24-19)13-5-4-6-16(8-13)27-2/h4-6,8,11-12,14H,3,7,9-10H2,1-2H3,(H,21,26)(H,23,24)/t14-/m0/s1. The maximum Gasteiger partial charge on any atom is 0.271 e. The molecule has 1 aromatic carbocycles. The van der Waals surface area contributed by atoms with Gasteiger partial charge >= 0.3 is 0 Å². The summed E-state index contributed by atoms with van der Waals surface area (Å²) in [5.41, 5.74) is 3.35. The van der Waals surface area contributed by atoms with Gasteiger partial charge in [0.2, 0.25) is 0 Å². The molecule has 27 heavy (non-hydrogen) atoms. The Labute approximate surface area is 157 Å². The van der Waals surface area contributed by atoms with Crippen molar-refractivity contribution >= 4 is 5.91 Å². The van der Waals surface area contributed by atoms with Gasteiger partial charge in [-0.15, -0.1) is 0 Å². The number of aromatic amines is 1. The Bertz CT molecular complexity index is 959. The van der Waals surface area contributed by atoms with Crippen molar-refractivity contribution in [3.63, 3.8) is 0 Å². The molecule has 0 aliphatic carbocycles. The Morgan fingerprint density at radius 2 is 2.26 bits per heavy atom. The summed E-state index contributed by atoms with van der Waals surface area (Å²) in [5.74, 6) is 1.51. The monoisotopic (exact) mass is 365 g/mol. The summed E-state index contributed by atoms with van der Waals surface area (Å²) in [6, 6.07) is 7.99. The minimum Gasteiger partial charge on any atom is -0.497 e. The lowest BCUT2D eigenvalue weighted by atomic mass is 9.94. The van der Waals surface area contributed by atoms with Crippen LogP contribution in [0.15, 0.2) is 36.7 Å². The Balaban J connectivity index is 1.64. The molecule has 2 aromatic heterocycles. The molecule has 140 valence electrons. The molecule has 0 spiro atoms. The van der Waals surface area contributed by atoms with Gasteiger partial charge in [0, 0.05) is 30.9 Å². The first-order valence-electron chi connectivity index (χ1n) is 9.21. The molecule has 3 heterocycles. The lowest BCUT2D eigenvalue weighted by molar-refractivity contribution is 0.0950. The van der Waals surface area contributed by atoms with Crippen molar-refractivity contribution in [2.45, 2.75) is 32.2 Å². The van der Waals surface area contributed by atoms with E-state index in [0.717, 1.165) is 35.5 Å². The number of aromatic nitrogens is 4. The highest BCUT2D eigenvalue weighted by molar-refractivity contribution is 5.94. The van der Waals surface area contributed by atoms with Crippen molar-refractivity contribution in [1.82, 2.24) is 25.1 Å². The van der Waals surface area contributed by atoms with Crippen molar-refractivity contribution in [2.24, 2.45) is 0 Å². The van der Waals surface area contributed by atoms with Crippen LogP contribution < -0.4 is 10.1 Å². The molecule has 0 saturated carbocycles. The van der Waals surface area contributed by atoms with Gasteiger partial charge in [-0.1, -0.05) is 19.1 Å². The number of rotatable bonds is 5. The molecule has 0 fully saturated rings. The molecule has 1 aliphatic heterocycles. The Morgan fingerprint density at radius 1 is 1.37 bits per heavy atom. The zero-order valence-corrected chi connectivity index (χ0v) is 15.5. The number of fused-ring (bicyclic) bond motifs is 1. The lowest BCUT2D eigenvalue weighted by Crippen LogP contribution is -2.26. The zero-order chi connectivity index (χ0) is 18.8. The van der Waals surface area contributed by atoms with Crippen LogP contribution in [0, 0.1) is 0 Å². The quantitative estimate of drug-likeness (QED) is 0.728. The fraction of sp³-hybridized carbons (Fsp3) is 0.350. The first-order chi connectivity index (χ1) is 13.2. The van der Waals surface area contributed by atoms with Gasteiger partial charge in [-0.3, -0.25) is 9.48 Å². The van der Waals surface area contributed by atoms with E-state index >= 15 is 0 Å². The van der Waals surface area contributed by atoms with Gasteiger partial charge in [-0.25, -0.2) is 4.98 Å². The maximum atomic E-state index is 12.5. The second kappa shape index (κ2) is 7.26. The van der Waals surface area contributed by atoms with Gasteiger partial charge in [0.1, 0.15) is 17.3 Å². The minimum absolute atomic E-state index is 0.140. The SMILES string of the molecule is CCCn1cc(-c2nc3c([nH]2)C[C@H](c2cccc(OC)c2)CNC3=O)cn1. The van der Waals surface area contributed by atoms with E-state index in [1.807, 2.05) is 29.1 Å². The Hall–Kier alpha value is -3.09. The van der Waals surface area contributed by atoms with Gasteiger partial charge in [-0.05, 0) is 30.5 Å². The maximum absolute atomic E-state index is 12.5. The van der Waals surface area contributed by atoms with Gasteiger partial charge in [0.05, 0.1) is 18.9 Å². The van der Waals surface area contributed by atoms with Gasteiger partial charge < -0.3 is 15.0 Å². The summed E-state index contributed by atoms with van der Waals surface area (Å²) in [6.45, 7) is 3.54. The molecule has 0 bridgehead atoms. The molecular formula is C20H23N5O2. The summed E-state index contributed by atoms with van der Waals surface area (Å²) in [4.78, 5) is 20.4. The van der Waals surface area contributed by atoms with E-state index in [0.29, 0.717) is 24.5 Å². The van der Waals surface area contributed by atoms with Crippen LogP contribution in [-0.2, 0) is 13.0 Å². The van der Waals surface area contributed by atoms with Gasteiger partial charge in [0.25, 0.3) is 5.91 Å². The summed E-state index contributed by atoms with van der Waals surface area (Å²) < 4.78 is 7.23. The van der Waals surface area contributed by atoms with E-state index in [4.69, 9.17) is 4.74 Å². The van der Waals surface area contributed by atoms with Crippen LogP contribution in [0.3, 0.4) is 0 Å². The number of H-pyrrole nitrogens is 1. The molecule has 1 atom stereocenters. The number of imidazole rings is 1. The van der Waals surface area contributed by atoms with E-state index in [9.17, 15) is 4.79 Å². The average Bonchev–Trinajstić information content (AvgIpc) is 3.29. The highest BCUT2D eigenvalue weighted by Crippen LogP contribution is 2.28. The number of amides is 1. The predicted molar refractivity (Wildman–Crippen MR) is 102 cm³/mol. The topological polar surface area (TPSA) is 84.8 Å². The summed E-state index contributed by atoms with van der Waals surface area (Å²) in [7, 11) is 1.66. The summed E-state index contributed by atoms with van der Waals surface area (Å²) in [5, 5.41) is 7.34. The van der Waals surface area contributed by atoms with Crippen LogP contribution in [0.4, 0.5) is 0 Å². The highest BCUT2D eigenvalue weighted by Gasteiger charge is 2.27. The van der Waals surface area contributed by atoms with E-state index in [1.54, 1.807) is 13.3 Å². The molecule has 0 saturated heterocycles. The fourth-order valence-corrected chi connectivity index (χ4v) is 3.47. The number of hydrogen-bond donors (Lipinski definition) is 2. The number of benzene rings is 1. The first kappa shape index (κ1) is 17.3. The van der Waals surface area contributed by atoms with Crippen LogP contribution in [-0.4, -0.2) is 39.3 Å². The predicted octanol–water partition coefficient (Wildman–Crippen LogP) is 2.76. The smallest absolute Gasteiger partial charge is 0.271 e. The van der Waals surface area contributed by atoms with Crippen molar-refractivity contribution in [3.05, 3.63) is 53.6 Å². The first-order valence-corrected chi connectivity index (χ1v) is 9.21. The van der Waals surface area contributed by atoms with Gasteiger partial charge in [-0.2, -0.15) is 5.10 Å². The number of carbonyl (C=O) groups is 1. The molecule has 3 aromatic rings. The minimum atomic E-state index is -0.140. The molecular weight excluding hydrogens is 342 g/mol. The summed E-state index contributed by atoms with van der Waals surface area (Å²) in [6.07, 6.45) is 5.46. The molecule has 1 amide bonds. The average molecular weight is 365 g/mol. The largest absolute Gasteiger partial charge is 0.497 e. The van der Waals surface area contributed by atoms with Crippen LogP contribution in [0.2, 0.25) is 0 Å². The fourth-order valence-electron chi connectivity index (χ4n) is 3.47. The molecule has 7 nitrogen and oxygen atoms in total. The van der Waals surface area contributed by atoms with Crippen molar-refractivity contribution in [1.29, 1.82) is 0 Å². The number of aryl methyl sites for hydroxylation is 1. The lowest BCUT2D eigenvalue weighted by Gasteiger charge is -2.15. The van der Waals surface area contributed by atoms with Crippen molar-refractivity contribution < 1.29 is 9.53 Å². The number of methoxy groups -OCH3 is 1.